The van der Waals surface area contributed by atoms with Crippen LogP contribution in [0.3, 0.4) is 0 Å². The van der Waals surface area contributed by atoms with Gasteiger partial charge in [0.25, 0.3) is 5.91 Å². The summed E-state index contributed by atoms with van der Waals surface area (Å²) in [5.74, 6) is -2.34. The normalized spacial score (nSPS) is 16.8. The zero-order valence-electron chi connectivity index (χ0n) is 10.2. The van der Waals surface area contributed by atoms with E-state index in [0.717, 1.165) is 19.2 Å². The molecule has 1 saturated heterocycles. The molecule has 1 aliphatic rings. The molecule has 18 heavy (non-hydrogen) atoms. The van der Waals surface area contributed by atoms with Crippen molar-refractivity contribution in [2.24, 2.45) is 0 Å². The SMILES string of the molecule is CN1CCN(C(=O)COC(=O)/C=C/C(=O)O)CC1. The van der Waals surface area contributed by atoms with Gasteiger partial charge in [0.15, 0.2) is 6.61 Å². The van der Waals surface area contributed by atoms with Gasteiger partial charge in [-0.3, -0.25) is 4.79 Å². The summed E-state index contributed by atoms with van der Waals surface area (Å²) in [5.41, 5.74) is 0. The van der Waals surface area contributed by atoms with Crippen molar-refractivity contribution in [3.63, 3.8) is 0 Å². The average molecular weight is 256 g/mol. The monoisotopic (exact) mass is 256 g/mol. The Morgan fingerprint density at radius 2 is 1.78 bits per heavy atom. The molecule has 0 aliphatic carbocycles. The van der Waals surface area contributed by atoms with Crippen molar-refractivity contribution in [2.45, 2.75) is 0 Å². The summed E-state index contributed by atoms with van der Waals surface area (Å²) in [5, 5.41) is 8.29. The first-order chi connectivity index (χ1) is 8.49. The minimum Gasteiger partial charge on any atom is -0.478 e. The Hall–Kier alpha value is -1.89. The molecule has 0 bridgehead atoms. The highest BCUT2D eigenvalue weighted by atomic mass is 16.5. The fraction of sp³-hybridized carbons (Fsp3) is 0.545. The highest BCUT2D eigenvalue weighted by Crippen LogP contribution is 2.00. The summed E-state index contributed by atoms with van der Waals surface area (Å²) >= 11 is 0. The number of likely N-dealkylation sites (N-methyl/N-ethyl adjacent to an activating group) is 1. The molecular formula is C11H16N2O5. The van der Waals surface area contributed by atoms with Gasteiger partial charge in [-0.2, -0.15) is 0 Å². The summed E-state index contributed by atoms with van der Waals surface area (Å²) in [7, 11) is 1.97. The maximum atomic E-state index is 11.6. The maximum Gasteiger partial charge on any atom is 0.331 e. The highest BCUT2D eigenvalue weighted by molar-refractivity contribution is 5.91. The number of piperazine rings is 1. The number of esters is 1. The number of carbonyl (C=O) groups is 3. The van der Waals surface area contributed by atoms with Gasteiger partial charge in [-0.1, -0.05) is 0 Å². The van der Waals surface area contributed by atoms with E-state index in [1.165, 1.54) is 0 Å². The molecule has 1 rings (SSSR count). The van der Waals surface area contributed by atoms with Crippen LogP contribution in [0.2, 0.25) is 0 Å². The minimum atomic E-state index is -1.24. The van der Waals surface area contributed by atoms with Gasteiger partial charge in [0, 0.05) is 38.3 Å². The predicted molar refractivity (Wildman–Crippen MR) is 61.8 cm³/mol. The molecule has 0 atom stereocenters. The second-order valence-electron chi connectivity index (χ2n) is 3.96. The Labute approximate surface area is 105 Å². The van der Waals surface area contributed by atoms with Crippen LogP contribution in [0.5, 0.6) is 0 Å². The van der Waals surface area contributed by atoms with Gasteiger partial charge in [-0.05, 0) is 7.05 Å². The van der Waals surface area contributed by atoms with Crippen LogP contribution < -0.4 is 0 Å². The van der Waals surface area contributed by atoms with Crippen LogP contribution in [-0.2, 0) is 19.1 Å². The van der Waals surface area contributed by atoms with E-state index >= 15 is 0 Å². The number of hydrogen-bond donors (Lipinski definition) is 1. The number of amides is 1. The Balaban J connectivity index is 2.28. The van der Waals surface area contributed by atoms with Crippen molar-refractivity contribution < 1.29 is 24.2 Å². The molecule has 1 N–H and O–H groups in total. The summed E-state index contributed by atoms with van der Waals surface area (Å²) < 4.78 is 4.64. The molecule has 7 nitrogen and oxygen atoms in total. The lowest BCUT2D eigenvalue weighted by Crippen LogP contribution is -2.48. The van der Waals surface area contributed by atoms with Gasteiger partial charge in [0.2, 0.25) is 0 Å². The minimum absolute atomic E-state index is 0.264. The molecule has 0 aromatic carbocycles. The first-order valence-electron chi connectivity index (χ1n) is 5.53. The molecule has 0 saturated carbocycles. The molecular weight excluding hydrogens is 240 g/mol. The number of nitrogens with zero attached hydrogens (tertiary/aromatic N) is 2. The molecule has 1 aliphatic heterocycles. The Kier molecular flexibility index (Phi) is 5.31. The quantitative estimate of drug-likeness (QED) is 0.510. The van der Waals surface area contributed by atoms with E-state index in [2.05, 4.69) is 9.64 Å². The first-order valence-corrected chi connectivity index (χ1v) is 5.53. The standard InChI is InChI=1S/C11H16N2O5/c1-12-4-6-13(7-5-12)9(14)8-18-11(17)3-2-10(15)16/h2-3H,4-8H2,1H3,(H,15,16)/b3-2+. The molecule has 1 heterocycles. The Morgan fingerprint density at radius 3 is 2.33 bits per heavy atom. The maximum absolute atomic E-state index is 11.6. The van der Waals surface area contributed by atoms with Crippen LogP contribution >= 0.6 is 0 Å². The summed E-state index contributed by atoms with van der Waals surface area (Å²) in [6.07, 6.45) is 1.45. The van der Waals surface area contributed by atoms with E-state index in [1.807, 2.05) is 7.05 Å². The number of ether oxygens (including phenoxy) is 1. The Morgan fingerprint density at radius 1 is 1.17 bits per heavy atom. The third-order valence-corrected chi connectivity index (χ3v) is 2.56. The van der Waals surface area contributed by atoms with Crippen molar-refractivity contribution in [3.05, 3.63) is 12.2 Å². The third-order valence-electron chi connectivity index (χ3n) is 2.56. The highest BCUT2D eigenvalue weighted by Gasteiger charge is 2.19. The molecule has 1 amide bonds. The number of hydrogen-bond acceptors (Lipinski definition) is 5. The number of carboxylic acid groups (broad SMARTS) is 1. The zero-order chi connectivity index (χ0) is 13.5. The number of rotatable bonds is 4. The summed E-state index contributed by atoms with van der Waals surface area (Å²) in [4.78, 5) is 36.5. The lowest BCUT2D eigenvalue weighted by Gasteiger charge is -2.32. The Bertz CT molecular complexity index is 358. The van der Waals surface area contributed by atoms with E-state index in [4.69, 9.17) is 5.11 Å². The topological polar surface area (TPSA) is 87.2 Å². The smallest absolute Gasteiger partial charge is 0.331 e. The summed E-state index contributed by atoms with van der Waals surface area (Å²) in [6.45, 7) is 2.44. The van der Waals surface area contributed by atoms with Crippen LogP contribution in [-0.4, -0.2) is 72.6 Å². The zero-order valence-corrected chi connectivity index (χ0v) is 10.2. The van der Waals surface area contributed by atoms with Crippen molar-refractivity contribution in [3.8, 4) is 0 Å². The van der Waals surface area contributed by atoms with Gasteiger partial charge in [0.05, 0.1) is 0 Å². The fourth-order valence-corrected chi connectivity index (χ4v) is 1.47. The van der Waals surface area contributed by atoms with Crippen molar-refractivity contribution >= 4 is 17.8 Å². The van der Waals surface area contributed by atoms with Crippen molar-refractivity contribution in [1.82, 2.24) is 9.80 Å². The number of carboxylic acids is 1. The first kappa shape index (κ1) is 14.2. The van der Waals surface area contributed by atoms with E-state index in [-0.39, 0.29) is 12.5 Å². The van der Waals surface area contributed by atoms with Crippen LogP contribution in [0.15, 0.2) is 12.2 Å². The van der Waals surface area contributed by atoms with Crippen LogP contribution in [0.4, 0.5) is 0 Å². The van der Waals surface area contributed by atoms with E-state index in [1.54, 1.807) is 4.90 Å². The van der Waals surface area contributed by atoms with E-state index in [9.17, 15) is 14.4 Å². The molecule has 0 unspecified atom stereocenters. The third kappa shape index (κ3) is 4.96. The molecule has 7 heteroatoms. The fourth-order valence-electron chi connectivity index (χ4n) is 1.47. The summed E-state index contributed by atoms with van der Waals surface area (Å²) in [6, 6.07) is 0. The van der Waals surface area contributed by atoms with Gasteiger partial charge >= 0.3 is 11.9 Å². The van der Waals surface area contributed by atoms with E-state index < -0.39 is 11.9 Å². The molecule has 0 radical (unpaired) electrons. The predicted octanol–water partition coefficient (Wildman–Crippen LogP) is -1.06. The average Bonchev–Trinajstić information content (AvgIpc) is 2.34. The largest absolute Gasteiger partial charge is 0.478 e. The molecule has 0 aromatic heterocycles. The second-order valence-corrected chi connectivity index (χ2v) is 3.96. The molecule has 0 spiro atoms. The van der Waals surface area contributed by atoms with E-state index in [0.29, 0.717) is 19.2 Å². The van der Waals surface area contributed by atoms with Crippen molar-refractivity contribution in [1.29, 1.82) is 0 Å². The molecule has 1 fully saturated rings. The number of carbonyl (C=O) groups excluding carboxylic acids is 2. The van der Waals surface area contributed by atoms with Crippen LogP contribution in [0.25, 0.3) is 0 Å². The van der Waals surface area contributed by atoms with Crippen molar-refractivity contribution in [2.75, 3.05) is 39.8 Å². The van der Waals surface area contributed by atoms with Gasteiger partial charge in [0.1, 0.15) is 0 Å². The van der Waals surface area contributed by atoms with Crippen LogP contribution in [0, 0.1) is 0 Å². The second kappa shape index (κ2) is 6.75. The lowest BCUT2D eigenvalue weighted by atomic mass is 10.3. The van der Waals surface area contributed by atoms with Gasteiger partial charge < -0.3 is 19.6 Å². The molecule has 100 valence electrons. The number of aliphatic carboxylic acids is 1. The lowest BCUT2D eigenvalue weighted by molar-refractivity contribution is -0.149. The van der Waals surface area contributed by atoms with Crippen LogP contribution in [0.1, 0.15) is 0 Å². The van der Waals surface area contributed by atoms with Gasteiger partial charge in [-0.15, -0.1) is 0 Å². The van der Waals surface area contributed by atoms with Gasteiger partial charge in [-0.25, -0.2) is 9.59 Å². The molecule has 0 aromatic rings.